The van der Waals surface area contributed by atoms with E-state index in [9.17, 15) is 13.2 Å². The van der Waals surface area contributed by atoms with E-state index >= 15 is 4.39 Å². The lowest BCUT2D eigenvalue weighted by molar-refractivity contribution is 0.168. The predicted octanol–water partition coefficient (Wildman–Crippen LogP) is 4.00. The van der Waals surface area contributed by atoms with Gasteiger partial charge in [-0.3, -0.25) is 0 Å². The SMILES string of the molecule is CNS(=O)(=O)c1cc(Cl)cc(-c2nc(C3CC3)sc2-c2ccnc(NC[C@H](C)NC(=O)OC)n2)c1F. The van der Waals surface area contributed by atoms with Gasteiger partial charge in [-0.25, -0.2) is 37.3 Å². The summed E-state index contributed by atoms with van der Waals surface area (Å²) in [6, 6.07) is 3.83. The monoisotopic (exact) mass is 554 g/mol. The van der Waals surface area contributed by atoms with E-state index in [2.05, 4.69) is 35.0 Å². The van der Waals surface area contributed by atoms with Crippen LogP contribution in [0.25, 0.3) is 21.8 Å². The summed E-state index contributed by atoms with van der Waals surface area (Å²) in [5.41, 5.74) is 0.719. The summed E-state index contributed by atoms with van der Waals surface area (Å²) < 4.78 is 47.1. The molecule has 1 amide bonds. The molecule has 1 fully saturated rings. The number of nitrogens with zero attached hydrogens (tertiary/aromatic N) is 3. The van der Waals surface area contributed by atoms with Gasteiger partial charge in [-0.05, 0) is 45.0 Å². The third-order valence-corrected chi connectivity index (χ3v) is 8.26. The molecule has 3 aromatic rings. The lowest BCUT2D eigenvalue weighted by Crippen LogP contribution is -2.37. The Morgan fingerprint density at radius 3 is 2.75 bits per heavy atom. The lowest BCUT2D eigenvalue weighted by Gasteiger charge is -2.14. The fourth-order valence-corrected chi connectivity index (χ4v) is 5.72. The van der Waals surface area contributed by atoms with Crippen molar-refractivity contribution >= 4 is 45.0 Å². The number of benzene rings is 1. The first-order chi connectivity index (χ1) is 17.1. The van der Waals surface area contributed by atoms with Crippen molar-refractivity contribution in [1.29, 1.82) is 0 Å². The van der Waals surface area contributed by atoms with Crippen molar-refractivity contribution in [2.75, 3.05) is 26.0 Å². The number of alkyl carbamates (subject to hydrolysis) is 1. The largest absolute Gasteiger partial charge is 0.453 e. The standard InChI is InChI=1S/C22H24ClFN6O4S2/c1-11(28-22(31)34-3)10-27-21-26-7-6-15(29-21)19-18(30-20(35-19)12-4-5-12)14-8-13(23)9-16(17(14)24)36(32,33)25-2/h6-9,11-12,25H,4-5,10H2,1-3H3,(H,28,31)(H,26,27,29)/t11-/m0/s1. The number of carbonyl (C=O) groups excluding carboxylic acids is 1. The van der Waals surface area contributed by atoms with Gasteiger partial charge in [0.25, 0.3) is 0 Å². The number of sulfonamides is 1. The van der Waals surface area contributed by atoms with Crippen LogP contribution < -0.4 is 15.4 Å². The Morgan fingerprint density at radius 2 is 2.08 bits per heavy atom. The number of hydrogen-bond acceptors (Lipinski definition) is 9. The van der Waals surface area contributed by atoms with E-state index in [0.29, 0.717) is 23.1 Å². The first kappa shape index (κ1) is 26.2. The van der Waals surface area contributed by atoms with E-state index in [-0.39, 0.29) is 28.2 Å². The number of thiazole rings is 1. The number of carbonyl (C=O) groups is 1. The average Bonchev–Trinajstić information content (AvgIpc) is 3.62. The zero-order valence-corrected chi connectivity index (χ0v) is 22.0. The minimum atomic E-state index is -4.10. The van der Waals surface area contributed by atoms with Gasteiger partial charge in [-0.15, -0.1) is 11.3 Å². The van der Waals surface area contributed by atoms with Gasteiger partial charge in [0.05, 0.1) is 28.4 Å². The van der Waals surface area contributed by atoms with Crippen molar-refractivity contribution in [3.8, 4) is 21.8 Å². The topological polar surface area (TPSA) is 135 Å². The van der Waals surface area contributed by atoms with Crippen LogP contribution in [-0.2, 0) is 14.8 Å². The highest BCUT2D eigenvalue weighted by atomic mass is 35.5. The maximum atomic E-state index is 15.6. The number of anilines is 1. The van der Waals surface area contributed by atoms with Crippen LogP contribution >= 0.6 is 22.9 Å². The molecule has 0 unspecified atom stereocenters. The third kappa shape index (κ3) is 5.75. The van der Waals surface area contributed by atoms with Gasteiger partial charge in [-0.2, -0.15) is 0 Å². The highest BCUT2D eigenvalue weighted by Crippen LogP contribution is 2.47. The van der Waals surface area contributed by atoms with Crippen LogP contribution in [0.4, 0.5) is 15.1 Å². The van der Waals surface area contributed by atoms with Crippen LogP contribution in [0, 0.1) is 5.82 Å². The number of halogens is 2. The minimum Gasteiger partial charge on any atom is -0.453 e. The van der Waals surface area contributed by atoms with Crippen LogP contribution in [0.15, 0.2) is 29.3 Å². The molecule has 3 N–H and O–H groups in total. The first-order valence-electron chi connectivity index (χ1n) is 11.0. The molecule has 1 aromatic carbocycles. The van der Waals surface area contributed by atoms with Gasteiger partial charge in [0.1, 0.15) is 4.90 Å². The lowest BCUT2D eigenvalue weighted by atomic mass is 10.1. The van der Waals surface area contributed by atoms with E-state index in [4.69, 9.17) is 11.6 Å². The predicted molar refractivity (Wildman–Crippen MR) is 135 cm³/mol. The van der Waals surface area contributed by atoms with Crippen molar-refractivity contribution in [3.63, 3.8) is 0 Å². The molecule has 0 aliphatic heterocycles. The average molecular weight is 555 g/mol. The molecule has 1 saturated carbocycles. The summed E-state index contributed by atoms with van der Waals surface area (Å²) in [6.07, 6.45) is 2.95. The third-order valence-electron chi connectivity index (χ3n) is 5.39. The molecule has 0 bridgehead atoms. The number of ether oxygens (including phenoxy) is 1. The Balaban J connectivity index is 1.73. The normalized spacial score (nSPS) is 14.4. The molecule has 36 heavy (non-hydrogen) atoms. The minimum absolute atomic E-state index is 0.0292. The highest BCUT2D eigenvalue weighted by Gasteiger charge is 2.31. The van der Waals surface area contributed by atoms with Gasteiger partial charge < -0.3 is 15.4 Å². The number of nitrogens with one attached hydrogen (secondary N) is 3. The van der Waals surface area contributed by atoms with Crippen LogP contribution in [0.2, 0.25) is 5.02 Å². The summed E-state index contributed by atoms with van der Waals surface area (Å²) in [6.45, 7) is 2.12. The summed E-state index contributed by atoms with van der Waals surface area (Å²) in [4.78, 5) is 24.8. The Morgan fingerprint density at radius 1 is 1.33 bits per heavy atom. The highest BCUT2D eigenvalue weighted by molar-refractivity contribution is 7.89. The summed E-state index contributed by atoms with van der Waals surface area (Å²) in [5, 5.41) is 6.57. The van der Waals surface area contributed by atoms with Crippen LogP contribution in [-0.4, -0.2) is 56.2 Å². The second-order valence-electron chi connectivity index (χ2n) is 8.16. The second-order valence-corrected chi connectivity index (χ2v) is 11.5. The molecule has 10 nitrogen and oxygen atoms in total. The summed E-state index contributed by atoms with van der Waals surface area (Å²) >= 11 is 7.58. The maximum Gasteiger partial charge on any atom is 0.407 e. The number of amides is 1. The van der Waals surface area contributed by atoms with Gasteiger partial charge in [0.15, 0.2) is 5.82 Å². The van der Waals surface area contributed by atoms with Gasteiger partial charge in [0, 0.05) is 35.3 Å². The van der Waals surface area contributed by atoms with Crippen molar-refractivity contribution in [3.05, 3.63) is 40.2 Å². The molecule has 4 rings (SSSR count). The summed E-state index contributed by atoms with van der Waals surface area (Å²) in [7, 11) is -1.62. The molecular formula is C22H24ClFN6O4S2. The molecule has 1 aliphatic carbocycles. The summed E-state index contributed by atoms with van der Waals surface area (Å²) in [5.74, 6) is -0.379. The van der Waals surface area contributed by atoms with Crippen LogP contribution in [0.1, 0.15) is 30.7 Å². The molecule has 192 valence electrons. The van der Waals surface area contributed by atoms with Gasteiger partial charge in [0.2, 0.25) is 16.0 Å². The number of rotatable bonds is 9. The van der Waals surface area contributed by atoms with E-state index in [1.165, 1.54) is 31.6 Å². The van der Waals surface area contributed by atoms with Crippen LogP contribution in [0.3, 0.4) is 0 Å². The molecule has 0 radical (unpaired) electrons. The molecule has 0 spiro atoms. The fourth-order valence-electron chi connectivity index (χ4n) is 3.37. The maximum absolute atomic E-state index is 15.6. The zero-order valence-electron chi connectivity index (χ0n) is 19.6. The van der Waals surface area contributed by atoms with E-state index < -0.39 is 26.8 Å². The Labute approximate surface area is 216 Å². The van der Waals surface area contributed by atoms with Crippen molar-refractivity contribution < 1.29 is 22.3 Å². The number of methoxy groups -OCH3 is 1. The first-order valence-corrected chi connectivity index (χ1v) is 13.7. The molecule has 1 aliphatic rings. The van der Waals surface area contributed by atoms with Crippen molar-refractivity contribution in [2.24, 2.45) is 0 Å². The fraction of sp³-hybridized carbons (Fsp3) is 0.364. The molecule has 2 aromatic heterocycles. The number of hydrogen-bond donors (Lipinski definition) is 3. The molecule has 2 heterocycles. The van der Waals surface area contributed by atoms with Gasteiger partial charge >= 0.3 is 6.09 Å². The Hall–Kier alpha value is -2.87. The van der Waals surface area contributed by atoms with Gasteiger partial charge in [-0.1, -0.05) is 11.6 Å². The van der Waals surface area contributed by atoms with Crippen molar-refractivity contribution in [2.45, 2.75) is 36.6 Å². The van der Waals surface area contributed by atoms with Crippen molar-refractivity contribution in [1.82, 2.24) is 25.0 Å². The number of aromatic nitrogens is 3. The molecule has 0 saturated heterocycles. The molecule has 1 atom stereocenters. The van der Waals surface area contributed by atoms with Crippen LogP contribution in [0.5, 0.6) is 0 Å². The second kappa shape index (κ2) is 10.6. The molecule has 14 heteroatoms. The smallest absolute Gasteiger partial charge is 0.407 e. The van der Waals surface area contributed by atoms with E-state index in [1.54, 1.807) is 19.2 Å². The van der Waals surface area contributed by atoms with E-state index in [0.717, 1.165) is 23.9 Å². The molecular weight excluding hydrogens is 531 g/mol. The van der Waals surface area contributed by atoms with E-state index in [1.807, 2.05) is 0 Å². The zero-order chi connectivity index (χ0) is 26.0. The Bertz CT molecular complexity index is 1400. The quantitative estimate of drug-likeness (QED) is 0.361. The Kier molecular flexibility index (Phi) is 7.73.